The zero-order valence-electron chi connectivity index (χ0n) is 14.6. The van der Waals surface area contributed by atoms with Crippen LogP contribution in [-0.2, 0) is 0 Å². The van der Waals surface area contributed by atoms with Gasteiger partial charge in [0.15, 0.2) is 5.82 Å². The predicted molar refractivity (Wildman–Crippen MR) is 99.9 cm³/mol. The van der Waals surface area contributed by atoms with Crippen molar-refractivity contribution in [3.63, 3.8) is 0 Å². The normalized spacial score (nSPS) is 15.5. The highest BCUT2D eigenvalue weighted by molar-refractivity contribution is 5.93. The largest absolute Gasteiger partial charge is 0.367 e. The fraction of sp³-hybridized carbons (Fsp3) is 0.368. The SMILES string of the molecule is Cc1cc(NC2CCN(c3nnc(C)c4ccccc34)CC2)ncn1. The molecule has 25 heavy (non-hydrogen) atoms. The molecule has 1 aromatic carbocycles. The van der Waals surface area contributed by atoms with E-state index in [2.05, 4.69) is 54.6 Å². The third-order valence-electron chi connectivity index (χ3n) is 4.80. The standard InChI is InChI=1S/C19H22N6/c1-13-11-18(21-12-20-13)22-15-7-9-25(10-8-15)19-17-6-4-3-5-16(17)14(2)23-24-19/h3-6,11-12,15H,7-10H2,1-2H3,(H,20,21,22). The summed E-state index contributed by atoms with van der Waals surface area (Å²) >= 11 is 0. The van der Waals surface area contributed by atoms with Crippen molar-refractivity contribution in [1.82, 2.24) is 20.2 Å². The molecule has 1 aliphatic heterocycles. The molecule has 2 aromatic heterocycles. The summed E-state index contributed by atoms with van der Waals surface area (Å²) in [6.07, 6.45) is 3.71. The average Bonchev–Trinajstić information content (AvgIpc) is 2.63. The Hall–Kier alpha value is -2.76. The first kappa shape index (κ1) is 15.7. The van der Waals surface area contributed by atoms with Crippen molar-refractivity contribution in [3.05, 3.63) is 48.0 Å². The van der Waals surface area contributed by atoms with Gasteiger partial charge in [-0.3, -0.25) is 0 Å². The van der Waals surface area contributed by atoms with Gasteiger partial charge in [0.2, 0.25) is 0 Å². The molecule has 1 N–H and O–H groups in total. The van der Waals surface area contributed by atoms with Crippen LogP contribution in [0, 0.1) is 13.8 Å². The van der Waals surface area contributed by atoms with Crippen molar-refractivity contribution in [1.29, 1.82) is 0 Å². The van der Waals surface area contributed by atoms with E-state index in [4.69, 9.17) is 0 Å². The average molecular weight is 334 g/mol. The van der Waals surface area contributed by atoms with E-state index >= 15 is 0 Å². The van der Waals surface area contributed by atoms with E-state index < -0.39 is 0 Å². The predicted octanol–water partition coefficient (Wildman–Crippen LogP) is 3.12. The molecule has 0 bridgehead atoms. The molecule has 0 radical (unpaired) electrons. The smallest absolute Gasteiger partial charge is 0.159 e. The lowest BCUT2D eigenvalue weighted by Gasteiger charge is -2.33. The topological polar surface area (TPSA) is 66.8 Å². The van der Waals surface area contributed by atoms with E-state index in [1.165, 1.54) is 10.8 Å². The Morgan fingerprint density at radius 1 is 1.00 bits per heavy atom. The second kappa shape index (κ2) is 6.63. The molecular weight excluding hydrogens is 312 g/mol. The van der Waals surface area contributed by atoms with Crippen molar-refractivity contribution in [2.24, 2.45) is 0 Å². The lowest BCUT2D eigenvalue weighted by atomic mass is 10.0. The van der Waals surface area contributed by atoms with Crippen LogP contribution in [0.4, 0.5) is 11.6 Å². The number of anilines is 2. The highest BCUT2D eigenvalue weighted by atomic mass is 15.3. The Labute approximate surface area is 147 Å². The van der Waals surface area contributed by atoms with Crippen molar-refractivity contribution in [2.45, 2.75) is 32.7 Å². The Bertz CT molecular complexity index is 886. The summed E-state index contributed by atoms with van der Waals surface area (Å²) in [5.41, 5.74) is 1.96. The number of nitrogens with zero attached hydrogens (tertiary/aromatic N) is 5. The number of nitrogens with one attached hydrogen (secondary N) is 1. The molecule has 6 nitrogen and oxygen atoms in total. The van der Waals surface area contributed by atoms with Crippen LogP contribution in [-0.4, -0.2) is 39.3 Å². The number of hydrogen-bond donors (Lipinski definition) is 1. The first-order valence-corrected chi connectivity index (χ1v) is 8.73. The lowest BCUT2D eigenvalue weighted by Crippen LogP contribution is -2.39. The van der Waals surface area contributed by atoms with Gasteiger partial charge >= 0.3 is 0 Å². The summed E-state index contributed by atoms with van der Waals surface area (Å²) < 4.78 is 0. The molecule has 1 aliphatic rings. The number of aryl methyl sites for hydroxylation is 2. The fourth-order valence-electron chi connectivity index (χ4n) is 3.44. The highest BCUT2D eigenvalue weighted by Crippen LogP contribution is 2.28. The molecule has 0 spiro atoms. The molecule has 0 amide bonds. The van der Waals surface area contributed by atoms with Gasteiger partial charge in [0.1, 0.15) is 12.1 Å². The minimum absolute atomic E-state index is 0.426. The maximum absolute atomic E-state index is 4.49. The maximum Gasteiger partial charge on any atom is 0.159 e. The first-order chi connectivity index (χ1) is 12.2. The monoisotopic (exact) mass is 334 g/mol. The molecule has 1 fully saturated rings. The number of aromatic nitrogens is 4. The number of rotatable bonds is 3. The summed E-state index contributed by atoms with van der Waals surface area (Å²) in [7, 11) is 0. The zero-order chi connectivity index (χ0) is 17.2. The molecule has 0 unspecified atom stereocenters. The van der Waals surface area contributed by atoms with E-state index in [0.717, 1.165) is 49.0 Å². The summed E-state index contributed by atoms with van der Waals surface area (Å²) in [5, 5.41) is 14.7. The Morgan fingerprint density at radius 2 is 1.76 bits per heavy atom. The molecule has 0 atom stereocenters. The van der Waals surface area contributed by atoms with Crippen LogP contribution in [0.15, 0.2) is 36.7 Å². The molecule has 6 heteroatoms. The number of fused-ring (bicyclic) bond motifs is 1. The zero-order valence-corrected chi connectivity index (χ0v) is 14.6. The van der Waals surface area contributed by atoms with E-state index in [1.54, 1.807) is 6.33 Å². The van der Waals surface area contributed by atoms with Crippen molar-refractivity contribution >= 4 is 22.4 Å². The van der Waals surface area contributed by atoms with Gasteiger partial charge in [0.05, 0.1) is 5.69 Å². The van der Waals surface area contributed by atoms with Gasteiger partial charge < -0.3 is 10.2 Å². The summed E-state index contributed by atoms with van der Waals surface area (Å²) in [4.78, 5) is 10.8. The summed E-state index contributed by atoms with van der Waals surface area (Å²) in [5.74, 6) is 1.91. The molecular formula is C19H22N6. The van der Waals surface area contributed by atoms with Crippen LogP contribution in [0.25, 0.3) is 10.8 Å². The van der Waals surface area contributed by atoms with E-state index in [1.807, 2.05) is 19.9 Å². The molecule has 4 rings (SSSR count). The van der Waals surface area contributed by atoms with Crippen LogP contribution >= 0.6 is 0 Å². The van der Waals surface area contributed by atoms with Gasteiger partial charge in [-0.2, -0.15) is 5.10 Å². The minimum atomic E-state index is 0.426. The van der Waals surface area contributed by atoms with Gasteiger partial charge in [-0.1, -0.05) is 24.3 Å². The lowest BCUT2D eigenvalue weighted by molar-refractivity contribution is 0.522. The van der Waals surface area contributed by atoms with E-state index in [9.17, 15) is 0 Å². The van der Waals surface area contributed by atoms with Crippen LogP contribution in [0.1, 0.15) is 24.2 Å². The highest BCUT2D eigenvalue weighted by Gasteiger charge is 2.22. The molecule has 3 aromatic rings. The Kier molecular flexibility index (Phi) is 4.17. The number of piperidine rings is 1. The third-order valence-corrected chi connectivity index (χ3v) is 4.80. The maximum atomic E-state index is 4.49. The minimum Gasteiger partial charge on any atom is -0.367 e. The van der Waals surface area contributed by atoms with E-state index in [0.29, 0.717) is 6.04 Å². The molecule has 0 saturated carbocycles. The summed E-state index contributed by atoms with van der Waals surface area (Å²) in [6, 6.07) is 10.8. The van der Waals surface area contributed by atoms with Crippen LogP contribution < -0.4 is 10.2 Å². The molecule has 1 saturated heterocycles. The number of hydrogen-bond acceptors (Lipinski definition) is 6. The van der Waals surface area contributed by atoms with Gasteiger partial charge in [-0.15, -0.1) is 5.10 Å². The molecule has 128 valence electrons. The Balaban J connectivity index is 1.48. The first-order valence-electron chi connectivity index (χ1n) is 8.73. The van der Waals surface area contributed by atoms with Gasteiger partial charge in [-0.25, -0.2) is 9.97 Å². The van der Waals surface area contributed by atoms with Crippen LogP contribution in [0.5, 0.6) is 0 Å². The Morgan fingerprint density at radius 3 is 2.52 bits per heavy atom. The molecule has 3 heterocycles. The molecule has 0 aliphatic carbocycles. The van der Waals surface area contributed by atoms with E-state index in [-0.39, 0.29) is 0 Å². The number of benzene rings is 1. The van der Waals surface area contributed by atoms with Crippen molar-refractivity contribution < 1.29 is 0 Å². The van der Waals surface area contributed by atoms with Crippen LogP contribution in [0.2, 0.25) is 0 Å². The van der Waals surface area contributed by atoms with Crippen molar-refractivity contribution in [2.75, 3.05) is 23.3 Å². The third kappa shape index (κ3) is 3.24. The van der Waals surface area contributed by atoms with Gasteiger partial charge in [-0.05, 0) is 26.7 Å². The second-order valence-electron chi connectivity index (χ2n) is 6.60. The fourth-order valence-corrected chi connectivity index (χ4v) is 3.44. The van der Waals surface area contributed by atoms with Gasteiger partial charge in [0, 0.05) is 41.7 Å². The van der Waals surface area contributed by atoms with Crippen LogP contribution in [0.3, 0.4) is 0 Å². The van der Waals surface area contributed by atoms with Crippen molar-refractivity contribution in [3.8, 4) is 0 Å². The second-order valence-corrected chi connectivity index (χ2v) is 6.60. The van der Waals surface area contributed by atoms with Gasteiger partial charge in [0.25, 0.3) is 0 Å². The quantitative estimate of drug-likeness (QED) is 0.794. The summed E-state index contributed by atoms with van der Waals surface area (Å²) in [6.45, 7) is 5.92.